The molecule has 0 atom stereocenters. The van der Waals surface area contributed by atoms with Gasteiger partial charge in [-0.25, -0.2) is 0 Å². The maximum absolute atomic E-state index is 12.9. The van der Waals surface area contributed by atoms with Crippen LogP contribution in [0.25, 0.3) is 11.0 Å². The highest BCUT2D eigenvalue weighted by Gasteiger charge is 2.63. The molecule has 18 heavy (non-hydrogen) atoms. The Hall–Kier alpha value is -1.92. The van der Waals surface area contributed by atoms with E-state index in [0.717, 1.165) is 0 Å². The molecule has 0 aliphatic heterocycles. The molecule has 2 rings (SSSR count). The Balaban J connectivity index is 2.53. The fourth-order valence-corrected chi connectivity index (χ4v) is 1.45. The highest BCUT2D eigenvalue weighted by molar-refractivity contribution is 6.10. The van der Waals surface area contributed by atoms with E-state index in [1.807, 2.05) is 0 Å². The predicted molar refractivity (Wildman–Crippen MR) is 51.5 cm³/mol. The molecule has 96 valence electrons. The minimum Gasteiger partial charge on any atom is -0.464 e. The van der Waals surface area contributed by atoms with Crippen LogP contribution in [0.15, 0.2) is 34.9 Å². The number of fused-ring (bicyclic) bond motifs is 1. The van der Waals surface area contributed by atoms with Gasteiger partial charge in [-0.15, -0.1) is 0 Å². The van der Waals surface area contributed by atoms with Crippen molar-refractivity contribution in [1.82, 2.24) is 0 Å². The van der Waals surface area contributed by atoms with Gasteiger partial charge >= 0.3 is 12.1 Å². The first-order chi connectivity index (χ1) is 8.25. The van der Waals surface area contributed by atoms with E-state index >= 15 is 0 Å². The van der Waals surface area contributed by atoms with Crippen LogP contribution in [0.2, 0.25) is 0 Å². The van der Waals surface area contributed by atoms with Crippen LogP contribution in [0.3, 0.4) is 0 Å². The Labute approximate surface area is 97.0 Å². The predicted octanol–water partition coefficient (Wildman–Crippen LogP) is 3.81. The third-order valence-corrected chi connectivity index (χ3v) is 2.37. The van der Waals surface area contributed by atoms with Gasteiger partial charge in [-0.1, -0.05) is 18.2 Å². The second-order valence-corrected chi connectivity index (χ2v) is 3.55. The molecule has 1 heterocycles. The minimum atomic E-state index is -5.93. The molecular formula is C11H5F5O2. The molecule has 2 nitrogen and oxygen atoms in total. The summed E-state index contributed by atoms with van der Waals surface area (Å²) in [5.41, 5.74) is -0.716. The summed E-state index contributed by atoms with van der Waals surface area (Å²) in [5, 5.41) is -0.0774. The van der Waals surface area contributed by atoms with E-state index in [0.29, 0.717) is 6.26 Å². The molecule has 0 fully saturated rings. The molecule has 2 aromatic rings. The summed E-state index contributed by atoms with van der Waals surface area (Å²) < 4.78 is 66.8. The molecule has 0 saturated carbocycles. The lowest BCUT2D eigenvalue weighted by atomic mass is 10.0. The minimum absolute atomic E-state index is 0.0684. The van der Waals surface area contributed by atoms with Crippen molar-refractivity contribution in [3.8, 4) is 0 Å². The zero-order valence-corrected chi connectivity index (χ0v) is 8.59. The maximum atomic E-state index is 12.9. The number of halogens is 5. The SMILES string of the molecule is O=C(c1coc2ccccc12)C(F)(F)C(F)(F)F. The van der Waals surface area contributed by atoms with Crippen LogP contribution in [-0.4, -0.2) is 17.9 Å². The van der Waals surface area contributed by atoms with Gasteiger partial charge in [0.1, 0.15) is 11.8 Å². The number of hydrogen-bond donors (Lipinski definition) is 0. The molecule has 1 aromatic carbocycles. The third-order valence-electron chi connectivity index (χ3n) is 2.37. The molecule has 0 aliphatic carbocycles. The van der Waals surface area contributed by atoms with Gasteiger partial charge in [-0.3, -0.25) is 4.79 Å². The van der Waals surface area contributed by atoms with Gasteiger partial charge < -0.3 is 4.42 Å². The molecule has 0 unspecified atom stereocenters. The molecule has 0 bridgehead atoms. The van der Waals surface area contributed by atoms with Crippen molar-refractivity contribution in [3.63, 3.8) is 0 Å². The van der Waals surface area contributed by atoms with Crippen molar-refractivity contribution >= 4 is 16.8 Å². The van der Waals surface area contributed by atoms with E-state index in [4.69, 9.17) is 4.42 Å². The van der Waals surface area contributed by atoms with Gasteiger partial charge in [-0.05, 0) is 6.07 Å². The van der Waals surface area contributed by atoms with Crippen LogP contribution < -0.4 is 0 Å². The summed E-state index contributed by atoms with van der Waals surface area (Å²) >= 11 is 0. The van der Waals surface area contributed by atoms with E-state index in [9.17, 15) is 26.7 Å². The van der Waals surface area contributed by atoms with Crippen molar-refractivity contribution < 1.29 is 31.2 Å². The number of hydrogen-bond acceptors (Lipinski definition) is 2. The summed E-state index contributed by atoms with van der Waals surface area (Å²) in [6.45, 7) is 0. The molecule has 0 spiro atoms. The topological polar surface area (TPSA) is 30.2 Å². The average molecular weight is 264 g/mol. The molecule has 0 amide bonds. The molecule has 0 aliphatic rings. The monoisotopic (exact) mass is 264 g/mol. The Morgan fingerprint density at radius 3 is 2.28 bits per heavy atom. The largest absolute Gasteiger partial charge is 0.464 e. The van der Waals surface area contributed by atoms with Gasteiger partial charge in [-0.2, -0.15) is 22.0 Å². The summed E-state index contributed by atoms with van der Waals surface area (Å²) in [6.07, 6.45) is -5.32. The maximum Gasteiger partial charge on any atom is 0.461 e. The number of para-hydroxylation sites is 1. The van der Waals surface area contributed by atoms with Gasteiger partial charge in [0.2, 0.25) is 5.78 Å². The van der Waals surface area contributed by atoms with Gasteiger partial charge in [0, 0.05) is 5.39 Å². The van der Waals surface area contributed by atoms with E-state index in [1.165, 1.54) is 24.3 Å². The Bertz CT molecular complexity index is 597. The molecule has 0 radical (unpaired) electrons. The second kappa shape index (κ2) is 3.79. The van der Waals surface area contributed by atoms with Crippen LogP contribution >= 0.6 is 0 Å². The standard InChI is InChI=1S/C11H5F5O2/c12-10(13,11(14,15)16)9(17)7-5-18-8-4-2-1-3-6(7)8/h1-5H. The Kier molecular flexibility index (Phi) is 2.64. The average Bonchev–Trinajstić information content (AvgIpc) is 2.70. The molecule has 1 aromatic heterocycles. The Morgan fingerprint density at radius 2 is 1.67 bits per heavy atom. The lowest BCUT2D eigenvalue weighted by molar-refractivity contribution is -0.255. The molecule has 0 N–H and O–H groups in total. The zero-order valence-electron chi connectivity index (χ0n) is 8.59. The number of carbonyl (C=O) groups is 1. The number of ketones is 1. The van der Waals surface area contributed by atoms with Crippen LogP contribution in [0.4, 0.5) is 22.0 Å². The highest BCUT2D eigenvalue weighted by Crippen LogP contribution is 2.39. The van der Waals surface area contributed by atoms with Crippen LogP contribution in [0.5, 0.6) is 0 Å². The molecule has 0 saturated heterocycles. The summed E-state index contributed by atoms with van der Waals surface area (Å²) in [7, 11) is 0. The van der Waals surface area contributed by atoms with Crippen molar-refractivity contribution in [2.24, 2.45) is 0 Å². The fraction of sp³-hybridized carbons (Fsp3) is 0.182. The zero-order chi connectivity index (χ0) is 13.6. The first-order valence-electron chi connectivity index (χ1n) is 4.70. The first kappa shape index (κ1) is 12.5. The summed E-state index contributed by atoms with van der Waals surface area (Å²) in [4.78, 5) is 11.3. The fourth-order valence-electron chi connectivity index (χ4n) is 1.45. The normalized spacial score (nSPS) is 12.9. The van der Waals surface area contributed by atoms with Crippen LogP contribution in [-0.2, 0) is 0 Å². The van der Waals surface area contributed by atoms with Crippen molar-refractivity contribution in [1.29, 1.82) is 0 Å². The van der Waals surface area contributed by atoms with Crippen molar-refractivity contribution in [2.75, 3.05) is 0 Å². The smallest absolute Gasteiger partial charge is 0.461 e. The number of Topliss-reactive ketones (excluding diaryl/α,β-unsaturated/α-hetero) is 1. The third kappa shape index (κ3) is 1.75. The first-order valence-corrected chi connectivity index (χ1v) is 4.70. The molecule has 7 heteroatoms. The van der Waals surface area contributed by atoms with E-state index in [2.05, 4.69) is 0 Å². The van der Waals surface area contributed by atoms with Gasteiger partial charge in [0.25, 0.3) is 0 Å². The quantitative estimate of drug-likeness (QED) is 0.609. The van der Waals surface area contributed by atoms with E-state index < -0.39 is 23.4 Å². The molecular weight excluding hydrogens is 259 g/mol. The second-order valence-electron chi connectivity index (χ2n) is 3.55. The lowest BCUT2D eigenvalue weighted by Crippen LogP contribution is -2.44. The lowest BCUT2D eigenvalue weighted by Gasteiger charge is -2.17. The van der Waals surface area contributed by atoms with Gasteiger partial charge in [0.15, 0.2) is 0 Å². The van der Waals surface area contributed by atoms with E-state index in [-0.39, 0.29) is 11.0 Å². The van der Waals surface area contributed by atoms with Crippen LogP contribution in [0, 0.1) is 0 Å². The number of alkyl halides is 5. The van der Waals surface area contributed by atoms with Gasteiger partial charge in [0.05, 0.1) is 5.56 Å². The number of carbonyl (C=O) groups excluding carboxylic acids is 1. The van der Waals surface area contributed by atoms with E-state index in [1.54, 1.807) is 0 Å². The van der Waals surface area contributed by atoms with Crippen LogP contribution in [0.1, 0.15) is 10.4 Å². The number of rotatable bonds is 2. The number of benzene rings is 1. The number of furan rings is 1. The van der Waals surface area contributed by atoms with Crippen molar-refractivity contribution in [2.45, 2.75) is 12.1 Å². The highest BCUT2D eigenvalue weighted by atomic mass is 19.4. The van der Waals surface area contributed by atoms with Crippen molar-refractivity contribution in [3.05, 3.63) is 36.1 Å². The Morgan fingerprint density at radius 1 is 1.06 bits per heavy atom. The summed E-state index contributed by atoms with van der Waals surface area (Å²) in [6, 6.07) is 5.50. The summed E-state index contributed by atoms with van der Waals surface area (Å²) in [5.74, 6) is -7.75.